The number of aliphatic hydroxyl groups is 3. The monoisotopic (exact) mass is 471 g/mol. The van der Waals surface area contributed by atoms with Crippen LogP contribution in [0, 0.1) is 10.1 Å². The van der Waals surface area contributed by atoms with Crippen molar-refractivity contribution >= 4 is 21.9 Å². The molecule has 2 aliphatic rings. The summed E-state index contributed by atoms with van der Waals surface area (Å²) in [4.78, 5) is 20.8. The molecule has 0 unspecified atom stereocenters. The number of nitro groups is 1. The normalized spacial score (nSPS) is 26.3. The molecule has 2 heterocycles. The Morgan fingerprint density at radius 3 is 2.32 bits per heavy atom. The van der Waals surface area contributed by atoms with Crippen LogP contribution in [0.2, 0.25) is 0 Å². The Morgan fingerprint density at radius 1 is 1.18 bits per heavy atom. The molecule has 0 bridgehead atoms. The van der Waals surface area contributed by atoms with E-state index in [2.05, 4.69) is 22.9 Å². The molecular formula is C17H30BrNO9. The van der Waals surface area contributed by atoms with Crippen LogP contribution >= 0.6 is 15.9 Å². The van der Waals surface area contributed by atoms with Crippen LogP contribution in [0.15, 0.2) is 0 Å². The molecule has 4 atom stereocenters. The lowest BCUT2D eigenvalue weighted by atomic mass is 10.1. The van der Waals surface area contributed by atoms with Gasteiger partial charge in [0.2, 0.25) is 0 Å². The minimum absolute atomic E-state index is 0.185. The highest BCUT2D eigenvalue weighted by Gasteiger charge is 2.48. The van der Waals surface area contributed by atoms with Crippen molar-refractivity contribution in [2.75, 3.05) is 26.4 Å². The Kier molecular flexibility index (Phi) is 11.4. The first kappa shape index (κ1) is 25.2. The number of nitrogens with zero attached hydrogens (tertiary/aromatic N) is 1. The first-order valence-electron chi connectivity index (χ1n) is 9.45. The molecule has 28 heavy (non-hydrogen) atoms. The molecule has 3 N–H and O–H groups in total. The third-order valence-electron chi connectivity index (χ3n) is 4.56. The molecule has 2 rings (SSSR count). The first-order chi connectivity index (χ1) is 13.3. The van der Waals surface area contributed by atoms with E-state index < -0.39 is 28.7 Å². The smallest absolute Gasteiger partial charge is 0.319 e. The van der Waals surface area contributed by atoms with Crippen LogP contribution in [-0.4, -0.2) is 81.5 Å². The Bertz CT molecular complexity index is 489. The van der Waals surface area contributed by atoms with E-state index in [1.54, 1.807) is 0 Å². The third-order valence-corrected chi connectivity index (χ3v) is 5.35. The molecule has 0 saturated carbocycles. The van der Waals surface area contributed by atoms with Crippen LogP contribution in [0.25, 0.3) is 0 Å². The molecule has 0 amide bonds. The SMILES string of the molecule is CCCCCCCC(=O)O[C@@H]1CO[C@H]2[C@@H]1OC[C@@H]2O.O=[N+]([O-])C(Br)(CO)CO. The van der Waals surface area contributed by atoms with E-state index in [9.17, 15) is 20.0 Å². The van der Waals surface area contributed by atoms with Gasteiger partial charge in [-0.05, 0) is 6.42 Å². The summed E-state index contributed by atoms with van der Waals surface area (Å²) in [5.74, 6) is -0.185. The van der Waals surface area contributed by atoms with Gasteiger partial charge in [-0.2, -0.15) is 0 Å². The number of aliphatic hydroxyl groups excluding tert-OH is 3. The van der Waals surface area contributed by atoms with Gasteiger partial charge in [-0.1, -0.05) is 32.6 Å². The fourth-order valence-corrected chi connectivity index (χ4v) is 2.81. The lowest BCUT2D eigenvalue weighted by molar-refractivity contribution is -0.542. The van der Waals surface area contributed by atoms with Gasteiger partial charge in [0, 0.05) is 27.3 Å². The highest BCUT2D eigenvalue weighted by Crippen LogP contribution is 2.29. The van der Waals surface area contributed by atoms with Crippen molar-refractivity contribution in [1.82, 2.24) is 0 Å². The van der Waals surface area contributed by atoms with Crippen molar-refractivity contribution in [3.8, 4) is 0 Å². The fourth-order valence-electron chi connectivity index (χ4n) is 2.81. The van der Waals surface area contributed by atoms with Crippen molar-refractivity contribution in [1.29, 1.82) is 0 Å². The molecule has 10 nitrogen and oxygen atoms in total. The predicted molar refractivity (Wildman–Crippen MR) is 102 cm³/mol. The Balaban J connectivity index is 0.000000370. The number of esters is 1. The van der Waals surface area contributed by atoms with Crippen molar-refractivity contribution in [3.63, 3.8) is 0 Å². The summed E-state index contributed by atoms with van der Waals surface area (Å²) in [5, 5.41) is 36.1. The van der Waals surface area contributed by atoms with Crippen LogP contribution in [0.5, 0.6) is 0 Å². The summed E-state index contributed by atoms with van der Waals surface area (Å²) in [5.41, 5.74) is 0. The highest BCUT2D eigenvalue weighted by atomic mass is 79.9. The van der Waals surface area contributed by atoms with E-state index in [4.69, 9.17) is 24.4 Å². The number of unbranched alkanes of at least 4 members (excludes halogenated alkanes) is 4. The average molecular weight is 472 g/mol. The molecule has 164 valence electrons. The molecule has 0 aromatic heterocycles. The predicted octanol–water partition coefficient (Wildman–Crippen LogP) is 0.756. The van der Waals surface area contributed by atoms with Gasteiger partial charge in [-0.25, -0.2) is 0 Å². The third kappa shape index (κ3) is 7.53. The summed E-state index contributed by atoms with van der Waals surface area (Å²) in [6.45, 7) is 1.31. The lowest BCUT2D eigenvalue weighted by Crippen LogP contribution is -2.39. The van der Waals surface area contributed by atoms with Gasteiger partial charge in [0.05, 0.1) is 13.2 Å². The van der Waals surface area contributed by atoms with Crippen LogP contribution in [0.3, 0.4) is 0 Å². The number of halogens is 1. The van der Waals surface area contributed by atoms with Crippen LogP contribution in [-0.2, 0) is 19.0 Å². The summed E-state index contributed by atoms with van der Waals surface area (Å²) in [7, 11) is 0. The Morgan fingerprint density at radius 2 is 1.79 bits per heavy atom. The molecule has 2 fully saturated rings. The average Bonchev–Trinajstić information content (AvgIpc) is 3.24. The van der Waals surface area contributed by atoms with Crippen molar-refractivity contribution in [3.05, 3.63) is 10.1 Å². The number of hydrogen-bond donors (Lipinski definition) is 3. The van der Waals surface area contributed by atoms with Gasteiger partial charge in [0.25, 0.3) is 0 Å². The molecule has 11 heteroatoms. The number of fused-ring (bicyclic) bond motifs is 1. The van der Waals surface area contributed by atoms with E-state index in [1.165, 1.54) is 19.3 Å². The van der Waals surface area contributed by atoms with Crippen LogP contribution in [0.4, 0.5) is 0 Å². The van der Waals surface area contributed by atoms with E-state index >= 15 is 0 Å². The van der Waals surface area contributed by atoms with E-state index in [1.807, 2.05) is 0 Å². The number of carbonyl (C=O) groups excluding carboxylic acids is 1. The van der Waals surface area contributed by atoms with Crippen LogP contribution in [0.1, 0.15) is 45.4 Å². The molecule has 0 aliphatic carbocycles. The highest BCUT2D eigenvalue weighted by molar-refractivity contribution is 9.10. The second-order valence-electron chi connectivity index (χ2n) is 6.85. The van der Waals surface area contributed by atoms with Crippen LogP contribution < -0.4 is 0 Å². The second-order valence-corrected chi connectivity index (χ2v) is 8.32. The van der Waals surface area contributed by atoms with Crippen molar-refractivity contribution < 1.29 is 39.2 Å². The molecule has 0 aromatic carbocycles. The second kappa shape index (κ2) is 12.7. The van der Waals surface area contributed by atoms with E-state index in [0.29, 0.717) is 13.0 Å². The van der Waals surface area contributed by atoms with Crippen molar-refractivity contribution in [2.24, 2.45) is 0 Å². The molecular weight excluding hydrogens is 442 g/mol. The van der Waals surface area contributed by atoms with Gasteiger partial charge in [0.1, 0.15) is 31.5 Å². The number of carbonyl (C=O) groups is 1. The summed E-state index contributed by atoms with van der Waals surface area (Å²) in [6, 6.07) is 0. The minimum Gasteiger partial charge on any atom is -0.457 e. The number of ether oxygens (including phenoxy) is 3. The largest absolute Gasteiger partial charge is 0.457 e. The maximum atomic E-state index is 11.7. The summed E-state index contributed by atoms with van der Waals surface area (Å²) >= 11 is 2.55. The van der Waals surface area contributed by atoms with Gasteiger partial charge < -0.3 is 29.5 Å². The van der Waals surface area contributed by atoms with Gasteiger partial charge in [-0.3, -0.25) is 14.9 Å². The molecule has 0 spiro atoms. The number of rotatable bonds is 10. The lowest BCUT2D eigenvalue weighted by Gasteiger charge is -2.16. The maximum absolute atomic E-state index is 11.7. The zero-order chi connectivity index (χ0) is 21.2. The number of alkyl halides is 1. The standard InChI is InChI=1S/C14H24O5.C3H6BrNO4/c1-2-3-4-5-6-7-12(16)19-11-9-18-13-10(15)8-17-14(11)13;4-3(1-6,2-7)5(8)9/h10-11,13-15H,2-9H2,1H3;6-7H,1-2H2/t10-,11+,13+,14+;/m0./s1. The Hall–Kier alpha value is -0.850. The van der Waals surface area contributed by atoms with E-state index in [-0.39, 0.29) is 30.9 Å². The molecule has 2 saturated heterocycles. The number of hydrogen-bond acceptors (Lipinski definition) is 9. The zero-order valence-electron chi connectivity index (χ0n) is 16.0. The molecule has 0 radical (unpaired) electrons. The van der Waals surface area contributed by atoms with E-state index in [0.717, 1.165) is 12.8 Å². The van der Waals surface area contributed by atoms with Gasteiger partial charge in [0.15, 0.2) is 6.10 Å². The maximum Gasteiger partial charge on any atom is 0.319 e. The summed E-state index contributed by atoms with van der Waals surface area (Å²) in [6.07, 6.45) is 4.44. The minimum atomic E-state index is -1.77. The Labute approximate surface area is 172 Å². The van der Waals surface area contributed by atoms with Crippen molar-refractivity contribution in [2.45, 2.75) is 74.3 Å². The molecule has 2 aliphatic heterocycles. The van der Waals surface area contributed by atoms with Gasteiger partial charge in [-0.15, -0.1) is 0 Å². The molecule has 0 aromatic rings. The quantitative estimate of drug-likeness (QED) is 0.105. The first-order valence-corrected chi connectivity index (χ1v) is 10.2. The van der Waals surface area contributed by atoms with Gasteiger partial charge >= 0.3 is 10.4 Å². The fraction of sp³-hybridized carbons (Fsp3) is 0.941. The topological polar surface area (TPSA) is 149 Å². The summed E-state index contributed by atoms with van der Waals surface area (Å²) < 4.78 is 14.4. The zero-order valence-corrected chi connectivity index (χ0v) is 17.6.